The average molecular weight is 507 g/mol. The highest BCUT2D eigenvalue weighted by atomic mass is 32.1. The normalized spacial score (nSPS) is 15.5. The number of aryl methyl sites for hydroxylation is 2. The van der Waals surface area contributed by atoms with E-state index in [4.69, 9.17) is 14.6 Å². The molecular formula is C27H30N4O4S. The highest BCUT2D eigenvalue weighted by molar-refractivity contribution is 7.13. The van der Waals surface area contributed by atoms with Crippen molar-refractivity contribution < 1.29 is 19.1 Å². The van der Waals surface area contributed by atoms with Crippen molar-refractivity contribution in [1.82, 2.24) is 9.99 Å². The third kappa shape index (κ3) is 5.26. The molecule has 9 heteroatoms. The van der Waals surface area contributed by atoms with Crippen LogP contribution in [0.4, 0.5) is 5.69 Å². The number of hydrazone groups is 1. The maximum atomic E-state index is 13.1. The largest absolute Gasteiger partial charge is 0.493 e. The molecule has 1 N–H and O–H groups in total. The predicted molar refractivity (Wildman–Crippen MR) is 141 cm³/mol. The molecule has 0 saturated carbocycles. The van der Waals surface area contributed by atoms with E-state index in [1.165, 1.54) is 16.3 Å². The Morgan fingerprint density at radius 3 is 2.56 bits per heavy atom. The zero-order valence-corrected chi connectivity index (χ0v) is 21.9. The van der Waals surface area contributed by atoms with Gasteiger partial charge in [0.2, 0.25) is 5.91 Å². The summed E-state index contributed by atoms with van der Waals surface area (Å²) in [6.07, 6.45) is 1.14. The molecule has 0 bridgehead atoms. The standard InChI is InChI=1S/C27H30N4O4S/c1-6-18-14-24(32)31(30-25(18)19-11-12-22(34-4)23(13-19)35-5)15-20-9-7-8-10-21(20)29-27(33)26-16(2)28-17(3)36-26/h7-13,18H,6,14-15H2,1-5H3,(H,29,33). The average Bonchev–Trinajstić information content (AvgIpc) is 3.23. The van der Waals surface area contributed by atoms with Gasteiger partial charge < -0.3 is 14.8 Å². The summed E-state index contributed by atoms with van der Waals surface area (Å²) in [6.45, 7) is 5.99. The fourth-order valence-corrected chi connectivity index (χ4v) is 5.11. The lowest BCUT2D eigenvalue weighted by atomic mass is 9.89. The lowest BCUT2D eigenvalue weighted by Gasteiger charge is -2.30. The van der Waals surface area contributed by atoms with Crippen LogP contribution in [0.1, 0.15) is 51.3 Å². The maximum absolute atomic E-state index is 13.1. The zero-order valence-electron chi connectivity index (χ0n) is 21.1. The van der Waals surface area contributed by atoms with Crippen LogP contribution in [0.2, 0.25) is 0 Å². The minimum Gasteiger partial charge on any atom is -0.493 e. The number of methoxy groups -OCH3 is 2. The van der Waals surface area contributed by atoms with Crippen LogP contribution in [0, 0.1) is 19.8 Å². The molecule has 188 valence electrons. The quantitative estimate of drug-likeness (QED) is 0.454. The topological polar surface area (TPSA) is 93.1 Å². The zero-order chi connectivity index (χ0) is 25.8. The van der Waals surface area contributed by atoms with Gasteiger partial charge in [-0.2, -0.15) is 5.10 Å². The van der Waals surface area contributed by atoms with Crippen molar-refractivity contribution in [1.29, 1.82) is 0 Å². The van der Waals surface area contributed by atoms with Gasteiger partial charge in [0.1, 0.15) is 4.88 Å². The van der Waals surface area contributed by atoms with E-state index >= 15 is 0 Å². The van der Waals surface area contributed by atoms with Gasteiger partial charge in [-0.1, -0.05) is 25.1 Å². The second-order valence-corrected chi connectivity index (χ2v) is 9.78. The van der Waals surface area contributed by atoms with Gasteiger partial charge in [-0.05, 0) is 50.1 Å². The summed E-state index contributed by atoms with van der Waals surface area (Å²) < 4.78 is 10.8. The van der Waals surface area contributed by atoms with Crippen molar-refractivity contribution in [2.75, 3.05) is 19.5 Å². The van der Waals surface area contributed by atoms with Gasteiger partial charge >= 0.3 is 0 Å². The fraction of sp³-hybridized carbons (Fsp3) is 0.333. The first-order chi connectivity index (χ1) is 17.3. The number of thiazole rings is 1. The van der Waals surface area contributed by atoms with Crippen LogP contribution in [-0.4, -0.2) is 41.7 Å². The van der Waals surface area contributed by atoms with Gasteiger partial charge in [-0.25, -0.2) is 9.99 Å². The molecule has 0 spiro atoms. The summed E-state index contributed by atoms with van der Waals surface area (Å²) in [4.78, 5) is 30.9. The molecule has 2 aromatic carbocycles. The van der Waals surface area contributed by atoms with E-state index in [0.717, 1.165) is 28.3 Å². The van der Waals surface area contributed by atoms with E-state index in [2.05, 4.69) is 17.2 Å². The second kappa shape index (κ2) is 10.9. The third-order valence-corrected chi connectivity index (χ3v) is 7.26. The van der Waals surface area contributed by atoms with Crippen LogP contribution in [-0.2, 0) is 11.3 Å². The second-order valence-electron chi connectivity index (χ2n) is 8.57. The number of benzene rings is 2. The minimum atomic E-state index is -0.212. The van der Waals surface area contributed by atoms with Crippen LogP contribution in [0.3, 0.4) is 0 Å². The molecule has 2 amide bonds. The molecule has 1 atom stereocenters. The molecule has 0 radical (unpaired) electrons. The molecule has 4 rings (SSSR count). The van der Waals surface area contributed by atoms with Crippen molar-refractivity contribution in [3.63, 3.8) is 0 Å². The molecule has 1 aliphatic rings. The monoisotopic (exact) mass is 506 g/mol. The molecule has 0 fully saturated rings. The number of para-hydroxylation sites is 1. The number of amides is 2. The van der Waals surface area contributed by atoms with E-state index in [1.807, 2.05) is 56.3 Å². The summed E-state index contributed by atoms with van der Waals surface area (Å²) in [6, 6.07) is 13.1. The summed E-state index contributed by atoms with van der Waals surface area (Å²) in [7, 11) is 3.19. The summed E-state index contributed by atoms with van der Waals surface area (Å²) in [5.74, 6) is 0.976. The number of ether oxygens (including phenoxy) is 2. The van der Waals surface area contributed by atoms with Crippen LogP contribution in [0.5, 0.6) is 11.5 Å². The first-order valence-electron chi connectivity index (χ1n) is 11.8. The van der Waals surface area contributed by atoms with Gasteiger partial charge in [-0.3, -0.25) is 9.59 Å². The van der Waals surface area contributed by atoms with Crippen molar-refractivity contribution in [2.24, 2.45) is 11.0 Å². The van der Waals surface area contributed by atoms with Crippen molar-refractivity contribution in [3.05, 3.63) is 69.2 Å². The van der Waals surface area contributed by atoms with E-state index < -0.39 is 0 Å². The van der Waals surface area contributed by atoms with Crippen LogP contribution in [0.15, 0.2) is 47.6 Å². The van der Waals surface area contributed by atoms with Crippen LogP contribution >= 0.6 is 11.3 Å². The molecule has 0 aliphatic carbocycles. The SMILES string of the molecule is CCC1CC(=O)N(Cc2ccccc2NC(=O)c2sc(C)nc2C)N=C1c1ccc(OC)c(OC)c1. The summed E-state index contributed by atoms with van der Waals surface area (Å²) >= 11 is 1.36. The fourth-order valence-electron chi connectivity index (χ4n) is 4.29. The number of nitrogens with zero attached hydrogens (tertiary/aromatic N) is 3. The number of carbonyl (C=O) groups is 2. The Kier molecular flexibility index (Phi) is 7.69. The van der Waals surface area contributed by atoms with Gasteiger partial charge in [0.15, 0.2) is 11.5 Å². The Morgan fingerprint density at radius 2 is 1.89 bits per heavy atom. The first kappa shape index (κ1) is 25.4. The number of rotatable bonds is 8. The van der Waals surface area contributed by atoms with E-state index in [-0.39, 0.29) is 24.3 Å². The molecule has 8 nitrogen and oxygen atoms in total. The molecule has 1 unspecified atom stereocenters. The Labute approximate surface area is 215 Å². The molecule has 2 heterocycles. The Hall–Kier alpha value is -3.72. The number of anilines is 1. The van der Waals surface area contributed by atoms with Gasteiger partial charge in [0.05, 0.1) is 37.2 Å². The van der Waals surface area contributed by atoms with E-state index in [1.54, 1.807) is 14.2 Å². The van der Waals surface area contributed by atoms with Gasteiger partial charge in [-0.15, -0.1) is 11.3 Å². The van der Waals surface area contributed by atoms with Crippen LogP contribution in [0.25, 0.3) is 0 Å². The van der Waals surface area contributed by atoms with Crippen molar-refractivity contribution in [3.8, 4) is 11.5 Å². The Morgan fingerprint density at radius 1 is 1.14 bits per heavy atom. The number of aromatic nitrogens is 1. The number of nitrogens with one attached hydrogen (secondary N) is 1. The lowest BCUT2D eigenvalue weighted by molar-refractivity contribution is -0.133. The summed E-state index contributed by atoms with van der Waals surface area (Å²) in [5, 5.41) is 10.1. The molecule has 1 aromatic heterocycles. The predicted octanol–water partition coefficient (Wildman–Crippen LogP) is 5.19. The number of hydrogen-bond donors (Lipinski definition) is 1. The third-order valence-electron chi connectivity index (χ3n) is 6.19. The minimum absolute atomic E-state index is 0.000610. The van der Waals surface area contributed by atoms with E-state index in [0.29, 0.717) is 34.2 Å². The van der Waals surface area contributed by atoms with Crippen LogP contribution < -0.4 is 14.8 Å². The first-order valence-corrected chi connectivity index (χ1v) is 12.6. The molecule has 0 saturated heterocycles. The Bertz CT molecular complexity index is 1320. The molecular weight excluding hydrogens is 476 g/mol. The van der Waals surface area contributed by atoms with E-state index in [9.17, 15) is 9.59 Å². The van der Waals surface area contributed by atoms with Crippen molar-refractivity contribution >= 4 is 34.6 Å². The highest BCUT2D eigenvalue weighted by Crippen LogP contribution is 2.32. The Balaban J connectivity index is 1.63. The lowest BCUT2D eigenvalue weighted by Crippen LogP contribution is -2.37. The summed E-state index contributed by atoms with van der Waals surface area (Å²) in [5.41, 5.74) is 3.85. The smallest absolute Gasteiger partial charge is 0.267 e. The number of carbonyl (C=O) groups excluding carboxylic acids is 2. The number of hydrogen-bond acceptors (Lipinski definition) is 7. The maximum Gasteiger partial charge on any atom is 0.267 e. The molecule has 36 heavy (non-hydrogen) atoms. The van der Waals surface area contributed by atoms with Gasteiger partial charge in [0.25, 0.3) is 5.91 Å². The highest BCUT2D eigenvalue weighted by Gasteiger charge is 2.30. The molecule has 3 aromatic rings. The van der Waals surface area contributed by atoms with Gasteiger partial charge in [0, 0.05) is 23.6 Å². The van der Waals surface area contributed by atoms with Crippen molar-refractivity contribution in [2.45, 2.75) is 40.2 Å². The molecule has 1 aliphatic heterocycles.